The number of aromatic nitrogens is 4. The molecule has 3 aromatic rings. The van der Waals surface area contributed by atoms with E-state index in [2.05, 4.69) is 15.3 Å². The van der Waals surface area contributed by atoms with E-state index in [0.717, 1.165) is 11.3 Å². The van der Waals surface area contributed by atoms with Crippen LogP contribution in [0.3, 0.4) is 0 Å². The predicted molar refractivity (Wildman–Crippen MR) is 127 cm³/mol. The molecule has 4 rings (SSSR count). The van der Waals surface area contributed by atoms with Gasteiger partial charge >= 0.3 is 0 Å². The van der Waals surface area contributed by atoms with Crippen LogP contribution in [0.4, 0.5) is 0 Å². The molecular formula is C25H30N6O3. The van der Waals surface area contributed by atoms with Crippen molar-refractivity contribution < 1.29 is 14.3 Å². The van der Waals surface area contributed by atoms with E-state index in [-0.39, 0.29) is 11.8 Å². The van der Waals surface area contributed by atoms with Crippen LogP contribution in [0.2, 0.25) is 0 Å². The minimum Gasteiger partial charge on any atom is -0.480 e. The van der Waals surface area contributed by atoms with Gasteiger partial charge in [0.1, 0.15) is 0 Å². The zero-order valence-corrected chi connectivity index (χ0v) is 20.1. The van der Waals surface area contributed by atoms with E-state index in [9.17, 15) is 9.59 Å². The normalized spacial score (nSPS) is 14.2. The van der Waals surface area contributed by atoms with Gasteiger partial charge in [-0.05, 0) is 31.9 Å². The lowest BCUT2D eigenvalue weighted by molar-refractivity contribution is -0.137. The van der Waals surface area contributed by atoms with Crippen molar-refractivity contribution in [3.05, 3.63) is 65.5 Å². The number of carbonyl (C=O) groups is 2. The largest absolute Gasteiger partial charge is 0.480 e. The first-order valence-electron chi connectivity index (χ1n) is 11.5. The summed E-state index contributed by atoms with van der Waals surface area (Å²) >= 11 is 0. The number of benzene rings is 1. The van der Waals surface area contributed by atoms with Crippen molar-refractivity contribution in [3.8, 4) is 11.7 Å². The quantitative estimate of drug-likeness (QED) is 0.559. The summed E-state index contributed by atoms with van der Waals surface area (Å²) < 4.78 is 6.70. The van der Waals surface area contributed by atoms with Gasteiger partial charge in [-0.2, -0.15) is 5.10 Å². The molecule has 9 heteroatoms. The minimum atomic E-state index is -0.622. The summed E-state index contributed by atoms with van der Waals surface area (Å²) in [5, 5.41) is 12.5. The smallest absolute Gasteiger partial charge is 0.257 e. The standard InChI is InChI=1S/C25H30N6O3/c1-5-20-19(17-26-31(20)21-11-12-22(34-4)28-27-21)23(32)29-13-15-30(16-14-29)24(33)25(2,3)18-9-7-6-8-10-18/h6-12,17H,5,13-16H2,1-4H3. The summed E-state index contributed by atoms with van der Waals surface area (Å²) in [5.74, 6) is 0.924. The molecule has 1 saturated heterocycles. The lowest BCUT2D eigenvalue weighted by atomic mass is 9.83. The van der Waals surface area contributed by atoms with Gasteiger partial charge in [0, 0.05) is 32.2 Å². The number of hydrogen-bond acceptors (Lipinski definition) is 6. The molecule has 0 spiro atoms. The summed E-state index contributed by atoms with van der Waals surface area (Å²) in [4.78, 5) is 30.2. The number of piperazine rings is 1. The molecule has 9 nitrogen and oxygen atoms in total. The van der Waals surface area contributed by atoms with Crippen LogP contribution in [-0.4, -0.2) is 74.9 Å². The number of ether oxygens (including phenoxy) is 1. The van der Waals surface area contributed by atoms with Crippen LogP contribution in [0.15, 0.2) is 48.7 Å². The van der Waals surface area contributed by atoms with Gasteiger partial charge in [-0.25, -0.2) is 4.68 Å². The second-order valence-electron chi connectivity index (χ2n) is 8.78. The molecular weight excluding hydrogens is 432 g/mol. The molecule has 34 heavy (non-hydrogen) atoms. The average Bonchev–Trinajstić information content (AvgIpc) is 3.32. The Morgan fingerprint density at radius 3 is 2.24 bits per heavy atom. The topological polar surface area (TPSA) is 93.5 Å². The van der Waals surface area contributed by atoms with Crippen molar-refractivity contribution in [3.63, 3.8) is 0 Å². The van der Waals surface area contributed by atoms with Crippen LogP contribution < -0.4 is 4.74 Å². The minimum absolute atomic E-state index is 0.0749. The van der Waals surface area contributed by atoms with Crippen molar-refractivity contribution in [2.75, 3.05) is 33.3 Å². The van der Waals surface area contributed by atoms with E-state index >= 15 is 0 Å². The van der Waals surface area contributed by atoms with E-state index in [1.54, 1.807) is 27.9 Å². The molecule has 0 unspecified atom stereocenters. The summed E-state index contributed by atoms with van der Waals surface area (Å²) in [6.45, 7) is 7.83. The van der Waals surface area contributed by atoms with Crippen LogP contribution in [-0.2, 0) is 16.6 Å². The summed E-state index contributed by atoms with van der Waals surface area (Å²) in [7, 11) is 1.53. The molecule has 178 valence electrons. The highest BCUT2D eigenvalue weighted by molar-refractivity contribution is 5.95. The molecule has 2 aromatic heterocycles. The maximum absolute atomic E-state index is 13.3. The molecule has 2 amide bonds. The zero-order valence-electron chi connectivity index (χ0n) is 20.1. The maximum Gasteiger partial charge on any atom is 0.257 e. The Balaban J connectivity index is 1.45. The molecule has 1 aliphatic rings. The first kappa shape index (κ1) is 23.4. The van der Waals surface area contributed by atoms with Gasteiger partial charge in [-0.1, -0.05) is 37.3 Å². The zero-order chi connectivity index (χ0) is 24.3. The van der Waals surface area contributed by atoms with Crippen molar-refractivity contribution in [2.24, 2.45) is 0 Å². The Kier molecular flexibility index (Phi) is 6.63. The third-order valence-corrected chi connectivity index (χ3v) is 6.37. The van der Waals surface area contributed by atoms with E-state index in [1.807, 2.05) is 56.0 Å². The number of nitrogens with zero attached hydrogens (tertiary/aromatic N) is 6. The van der Waals surface area contributed by atoms with Gasteiger partial charge in [0.2, 0.25) is 11.8 Å². The molecule has 0 atom stereocenters. The number of carbonyl (C=O) groups excluding carboxylic acids is 2. The second kappa shape index (κ2) is 9.62. The Morgan fingerprint density at radius 2 is 1.65 bits per heavy atom. The van der Waals surface area contributed by atoms with Crippen LogP contribution >= 0.6 is 0 Å². The van der Waals surface area contributed by atoms with Crippen molar-refractivity contribution in [1.82, 2.24) is 29.8 Å². The number of methoxy groups -OCH3 is 1. The van der Waals surface area contributed by atoms with E-state index in [4.69, 9.17) is 4.74 Å². The average molecular weight is 463 g/mol. The molecule has 1 aliphatic heterocycles. The summed E-state index contributed by atoms with van der Waals surface area (Å²) in [6, 6.07) is 13.3. The van der Waals surface area contributed by atoms with E-state index in [0.29, 0.717) is 49.9 Å². The van der Waals surface area contributed by atoms with Gasteiger partial charge in [-0.15, -0.1) is 10.2 Å². The van der Waals surface area contributed by atoms with Crippen molar-refractivity contribution in [1.29, 1.82) is 0 Å². The molecule has 0 aliphatic carbocycles. The monoisotopic (exact) mass is 462 g/mol. The Labute approximate surface area is 199 Å². The van der Waals surface area contributed by atoms with Gasteiger partial charge in [0.05, 0.1) is 30.0 Å². The Bertz CT molecular complexity index is 1150. The summed E-state index contributed by atoms with van der Waals surface area (Å²) in [6.07, 6.45) is 2.20. The Hall–Kier alpha value is -3.75. The fourth-order valence-electron chi connectivity index (χ4n) is 4.28. The van der Waals surface area contributed by atoms with E-state index in [1.165, 1.54) is 7.11 Å². The highest BCUT2D eigenvalue weighted by Gasteiger charge is 2.36. The molecule has 0 bridgehead atoms. The first-order chi connectivity index (χ1) is 16.4. The number of rotatable bonds is 6. The second-order valence-corrected chi connectivity index (χ2v) is 8.78. The fraction of sp³-hybridized carbons (Fsp3) is 0.400. The predicted octanol–water partition coefficient (Wildman–Crippen LogP) is 2.50. The molecule has 0 N–H and O–H groups in total. The van der Waals surface area contributed by atoms with Crippen molar-refractivity contribution in [2.45, 2.75) is 32.6 Å². The molecule has 0 radical (unpaired) electrons. The third kappa shape index (κ3) is 4.37. The lowest BCUT2D eigenvalue weighted by Crippen LogP contribution is -2.54. The van der Waals surface area contributed by atoms with Crippen LogP contribution in [0.25, 0.3) is 5.82 Å². The van der Waals surface area contributed by atoms with Gasteiger partial charge in [0.25, 0.3) is 5.91 Å². The molecule has 1 fully saturated rings. The first-order valence-corrected chi connectivity index (χ1v) is 11.5. The fourth-order valence-corrected chi connectivity index (χ4v) is 4.28. The van der Waals surface area contributed by atoms with Crippen LogP contribution in [0, 0.1) is 0 Å². The highest BCUT2D eigenvalue weighted by Crippen LogP contribution is 2.26. The van der Waals surface area contributed by atoms with Gasteiger partial charge in [0.15, 0.2) is 5.82 Å². The highest BCUT2D eigenvalue weighted by atomic mass is 16.5. The molecule has 3 heterocycles. The van der Waals surface area contributed by atoms with Crippen molar-refractivity contribution >= 4 is 11.8 Å². The van der Waals surface area contributed by atoms with Gasteiger partial charge < -0.3 is 14.5 Å². The Morgan fingerprint density at radius 1 is 0.971 bits per heavy atom. The number of hydrogen-bond donors (Lipinski definition) is 0. The molecule has 0 saturated carbocycles. The van der Waals surface area contributed by atoms with Crippen LogP contribution in [0.1, 0.15) is 42.4 Å². The van der Waals surface area contributed by atoms with E-state index < -0.39 is 5.41 Å². The van der Waals surface area contributed by atoms with Gasteiger partial charge in [-0.3, -0.25) is 9.59 Å². The SMILES string of the molecule is CCc1c(C(=O)N2CCN(C(=O)C(C)(C)c3ccccc3)CC2)cnn1-c1ccc(OC)nn1. The maximum atomic E-state index is 13.3. The van der Waals surface area contributed by atoms with Crippen LogP contribution in [0.5, 0.6) is 5.88 Å². The number of amides is 2. The third-order valence-electron chi connectivity index (χ3n) is 6.37. The molecule has 1 aromatic carbocycles. The summed E-state index contributed by atoms with van der Waals surface area (Å²) in [5.41, 5.74) is 1.68. The lowest BCUT2D eigenvalue weighted by Gasteiger charge is -2.38.